The first-order valence-corrected chi connectivity index (χ1v) is 21.6. The van der Waals surface area contributed by atoms with Crippen LogP contribution in [0.25, 0.3) is 22.3 Å². The predicted molar refractivity (Wildman–Crippen MR) is 229 cm³/mol. The lowest BCUT2D eigenvalue weighted by Gasteiger charge is -2.28. The molecule has 0 saturated carbocycles. The van der Waals surface area contributed by atoms with E-state index in [1.165, 1.54) is 28.7 Å². The van der Waals surface area contributed by atoms with Gasteiger partial charge in [-0.2, -0.15) is 13.2 Å². The van der Waals surface area contributed by atoms with E-state index in [4.69, 9.17) is 9.47 Å². The maximum absolute atomic E-state index is 15.2. The number of alkyl halides is 3. The molecule has 2 aliphatic heterocycles. The molecule has 2 aliphatic rings. The number of hydrogen-bond donors (Lipinski definition) is 0. The number of carbonyl (C=O) groups is 2. The van der Waals surface area contributed by atoms with Crippen LogP contribution in [0.2, 0.25) is 0 Å². The number of benzene rings is 4. The standard InChI is InChI=1S/C48H45F3N2O4S2/c1-29-20-24-58-44(29)46(54)52-22-8-13-40(52)36-11-6-5-10-34(36)32-17-18-33(39(28-32)48(49,50)51)26-31-16-19-35(37-12-7-15-42(56-3)43(37)57-4)38(27-31)41-14-9-23-53(41)47(55)45-30(2)21-25-59-45/h5-7,10-12,15-21,24-25,27-28,40-41H,8-9,13-14,22-23,26H2,1-4H3/t40-,41-/m0/s1. The summed E-state index contributed by atoms with van der Waals surface area (Å²) in [5.41, 5.74) is 6.41. The summed E-state index contributed by atoms with van der Waals surface area (Å²) in [6.45, 7) is 5.02. The maximum Gasteiger partial charge on any atom is 0.416 e. The predicted octanol–water partition coefficient (Wildman–Crippen LogP) is 12.3. The summed E-state index contributed by atoms with van der Waals surface area (Å²) in [4.78, 5) is 32.9. The highest BCUT2D eigenvalue weighted by molar-refractivity contribution is 7.12. The second-order valence-electron chi connectivity index (χ2n) is 15.3. The molecule has 2 aromatic heterocycles. The Morgan fingerprint density at radius 2 is 1.32 bits per heavy atom. The van der Waals surface area contributed by atoms with Gasteiger partial charge in [-0.3, -0.25) is 9.59 Å². The molecule has 0 spiro atoms. The third kappa shape index (κ3) is 7.78. The Kier molecular flexibility index (Phi) is 11.4. The minimum atomic E-state index is -4.63. The van der Waals surface area contributed by atoms with E-state index in [0.717, 1.165) is 52.6 Å². The Labute approximate surface area is 350 Å². The van der Waals surface area contributed by atoms with Crippen LogP contribution >= 0.6 is 22.7 Å². The molecule has 2 atom stereocenters. The SMILES string of the molecule is COc1cccc(-c2ccc(Cc3ccc(-c4ccccc4[C@@H]4CCCN4C(=O)c4sccc4C)cc3C(F)(F)F)cc2[C@@H]2CCCN2C(=O)c2sccc2C)c1OC. The van der Waals surface area contributed by atoms with Crippen molar-refractivity contribution >= 4 is 34.5 Å². The zero-order valence-electron chi connectivity index (χ0n) is 33.4. The average molecular weight is 835 g/mol. The smallest absolute Gasteiger partial charge is 0.416 e. The molecule has 0 radical (unpaired) electrons. The first-order chi connectivity index (χ1) is 28.5. The number of ether oxygens (including phenoxy) is 2. The van der Waals surface area contributed by atoms with Crippen molar-refractivity contribution in [3.63, 3.8) is 0 Å². The van der Waals surface area contributed by atoms with E-state index in [1.54, 1.807) is 26.4 Å². The highest BCUT2D eigenvalue weighted by Crippen LogP contribution is 2.46. The molecule has 4 aromatic carbocycles. The molecule has 0 aliphatic carbocycles. The lowest BCUT2D eigenvalue weighted by atomic mass is 9.88. The van der Waals surface area contributed by atoms with Gasteiger partial charge in [0.1, 0.15) is 0 Å². The second kappa shape index (κ2) is 16.7. The Hall–Kier alpha value is -5.39. The Morgan fingerprint density at radius 3 is 1.92 bits per heavy atom. The van der Waals surface area contributed by atoms with Crippen molar-refractivity contribution in [2.75, 3.05) is 27.3 Å². The lowest BCUT2D eigenvalue weighted by Crippen LogP contribution is -2.30. The Morgan fingerprint density at radius 1 is 0.695 bits per heavy atom. The van der Waals surface area contributed by atoms with Crippen molar-refractivity contribution < 1.29 is 32.2 Å². The van der Waals surface area contributed by atoms with E-state index in [1.807, 2.05) is 107 Å². The van der Waals surface area contributed by atoms with Crippen molar-refractivity contribution in [3.05, 3.63) is 150 Å². The van der Waals surface area contributed by atoms with Gasteiger partial charge < -0.3 is 19.3 Å². The first-order valence-electron chi connectivity index (χ1n) is 19.8. The number of thiophene rings is 2. The van der Waals surface area contributed by atoms with Crippen LogP contribution in [0, 0.1) is 13.8 Å². The molecule has 304 valence electrons. The number of amides is 2. The molecule has 0 unspecified atom stereocenters. The van der Waals surface area contributed by atoms with Gasteiger partial charge in [0, 0.05) is 18.7 Å². The van der Waals surface area contributed by atoms with Gasteiger partial charge in [0.15, 0.2) is 11.5 Å². The van der Waals surface area contributed by atoms with Gasteiger partial charge in [-0.1, -0.05) is 66.7 Å². The van der Waals surface area contributed by atoms with Gasteiger partial charge >= 0.3 is 6.18 Å². The van der Waals surface area contributed by atoms with Crippen LogP contribution < -0.4 is 9.47 Å². The number of rotatable bonds is 10. The summed E-state index contributed by atoms with van der Waals surface area (Å²) < 4.78 is 57.0. The van der Waals surface area contributed by atoms with Crippen LogP contribution in [0.4, 0.5) is 13.2 Å². The summed E-state index contributed by atoms with van der Waals surface area (Å²) in [5.74, 6) is 1.00. The minimum Gasteiger partial charge on any atom is -0.493 e. The monoisotopic (exact) mass is 834 g/mol. The molecular formula is C48H45F3N2O4S2. The summed E-state index contributed by atoms with van der Waals surface area (Å²) in [6, 6.07) is 26.8. The number of likely N-dealkylation sites (tertiary alicyclic amines) is 2. The van der Waals surface area contributed by atoms with Gasteiger partial charge in [-0.15, -0.1) is 22.7 Å². The molecule has 2 amide bonds. The number of hydrogen-bond acceptors (Lipinski definition) is 6. The van der Waals surface area contributed by atoms with E-state index in [0.29, 0.717) is 57.5 Å². The number of carbonyl (C=O) groups excluding carboxylic acids is 2. The molecule has 0 N–H and O–H groups in total. The highest BCUT2D eigenvalue weighted by Gasteiger charge is 2.37. The van der Waals surface area contributed by atoms with Gasteiger partial charge in [0.05, 0.1) is 41.6 Å². The fourth-order valence-corrected chi connectivity index (χ4v) is 10.6. The normalized spacial score (nSPS) is 16.8. The quantitative estimate of drug-likeness (QED) is 0.138. The summed E-state index contributed by atoms with van der Waals surface area (Å²) >= 11 is 2.84. The van der Waals surface area contributed by atoms with Gasteiger partial charge in [-0.05, 0) is 131 Å². The molecule has 59 heavy (non-hydrogen) atoms. The molecule has 0 bridgehead atoms. The van der Waals surface area contributed by atoms with Crippen LogP contribution in [0.15, 0.2) is 102 Å². The second-order valence-corrected chi connectivity index (χ2v) is 17.1. The van der Waals surface area contributed by atoms with E-state index in [-0.39, 0.29) is 35.9 Å². The maximum atomic E-state index is 15.2. The Balaban J connectivity index is 1.18. The fourth-order valence-electron chi connectivity index (χ4n) is 8.89. The van der Waals surface area contributed by atoms with E-state index >= 15 is 13.2 Å². The van der Waals surface area contributed by atoms with Gasteiger partial charge in [0.2, 0.25) is 0 Å². The average Bonchev–Trinajstić information content (AvgIpc) is 4.08. The molecule has 2 saturated heterocycles. The van der Waals surface area contributed by atoms with Crippen LogP contribution in [0.3, 0.4) is 0 Å². The van der Waals surface area contributed by atoms with Crippen LogP contribution in [-0.2, 0) is 12.6 Å². The summed E-state index contributed by atoms with van der Waals surface area (Å²) in [7, 11) is 3.16. The molecule has 11 heteroatoms. The topological polar surface area (TPSA) is 59.1 Å². The molecule has 8 rings (SSSR count). The summed E-state index contributed by atoms with van der Waals surface area (Å²) in [6.07, 6.45) is -1.56. The first kappa shape index (κ1) is 40.4. The third-order valence-electron chi connectivity index (χ3n) is 11.7. The molecule has 2 fully saturated rings. The van der Waals surface area contributed by atoms with Gasteiger partial charge in [0.25, 0.3) is 11.8 Å². The summed E-state index contributed by atoms with van der Waals surface area (Å²) in [5, 5.41) is 3.83. The number of nitrogens with zero attached hydrogens (tertiary/aromatic N) is 2. The number of aryl methyl sites for hydroxylation is 2. The van der Waals surface area contributed by atoms with Crippen molar-refractivity contribution in [1.82, 2.24) is 9.80 Å². The van der Waals surface area contributed by atoms with Crippen molar-refractivity contribution in [3.8, 4) is 33.8 Å². The number of para-hydroxylation sites is 1. The molecule has 6 nitrogen and oxygen atoms in total. The number of methoxy groups -OCH3 is 2. The van der Waals surface area contributed by atoms with Crippen LogP contribution in [0.1, 0.15) is 96.1 Å². The molecule has 6 aromatic rings. The van der Waals surface area contributed by atoms with E-state index < -0.39 is 11.7 Å². The third-order valence-corrected chi connectivity index (χ3v) is 13.8. The Bertz CT molecular complexity index is 2520. The minimum absolute atomic E-state index is 0.0229. The van der Waals surface area contributed by atoms with Crippen molar-refractivity contribution in [1.29, 1.82) is 0 Å². The zero-order valence-corrected chi connectivity index (χ0v) is 35.0. The van der Waals surface area contributed by atoms with Crippen molar-refractivity contribution in [2.24, 2.45) is 0 Å². The van der Waals surface area contributed by atoms with Crippen LogP contribution in [0.5, 0.6) is 11.5 Å². The fraction of sp³-hybridized carbons (Fsp3) is 0.292. The highest BCUT2D eigenvalue weighted by atomic mass is 32.1. The molecular weight excluding hydrogens is 790 g/mol. The molecule has 4 heterocycles. The van der Waals surface area contributed by atoms with Crippen molar-refractivity contribution in [2.45, 2.75) is 64.2 Å². The zero-order chi connectivity index (χ0) is 41.4. The lowest BCUT2D eigenvalue weighted by molar-refractivity contribution is -0.138. The number of halogens is 3. The largest absolute Gasteiger partial charge is 0.493 e. The van der Waals surface area contributed by atoms with E-state index in [2.05, 4.69) is 0 Å². The van der Waals surface area contributed by atoms with Crippen LogP contribution in [-0.4, -0.2) is 48.9 Å². The van der Waals surface area contributed by atoms with E-state index in [9.17, 15) is 9.59 Å². The van der Waals surface area contributed by atoms with Gasteiger partial charge in [-0.25, -0.2) is 0 Å².